The molecule has 1 unspecified atom stereocenters. The summed E-state index contributed by atoms with van der Waals surface area (Å²) in [4.78, 5) is 36.7. The van der Waals surface area contributed by atoms with Crippen LogP contribution in [0.2, 0.25) is 0 Å². The predicted octanol–water partition coefficient (Wildman–Crippen LogP) is 1.81. The maximum absolute atomic E-state index is 12.6. The van der Waals surface area contributed by atoms with Crippen molar-refractivity contribution in [2.45, 2.75) is 25.8 Å². The van der Waals surface area contributed by atoms with Crippen LogP contribution in [-0.2, 0) is 4.79 Å². The number of nitrogens with one attached hydrogen (secondary N) is 3. The molecule has 0 spiro atoms. The molecule has 4 N–H and O–H groups in total. The molecule has 1 heterocycles. The van der Waals surface area contributed by atoms with Crippen molar-refractivity contribution in [3.8, 4) is 0 Å². The lowest BCUT2D eigenvalue weighted by molar-refractivity contribution is -0.135. The molecule has 24 heavy (non-hydrogen) atoms. The summed E-state index contributed by atoms with van der Waals surface area (Å²) in [5.74, 6) is -0.843. The van der Waals surface area contributed by atoms with Gasteiger partial charge >= 0.3 is 12.1 Å². The average Bonchev–Trinajstić information content (AvgIpc) is 2.75. The quantitative estimate of drug-likeness (QED) is 0.566. The Bertz CT molecular complexity index is 649. The SMILES string of the molecule is CC(C)C1(CCO)NC(=O)N(NC(=O)Nc2ccc(Br)cc2)C1=O. The van der Waals surface area contributed by atoms with Crippen molar-refractivity contribution >= 4 is 39.6 Å². The summed E-state index contributed by atoms with van der Waals surface area (Å²) in [6.45, 7) is 3.27. The van der Waals surface area contributed by atoms with E-state index in [2.05, 4.69) is 32.0 Å². The second-order valence-electron chi connectivity index (χ2n) is 5.74. The molecule has 1 fully saturated rings. The van der Waals surface area contributed by atoms with Crippen molar-refractivity contribution in [2.75, 3.05) is 11.9 Å². The van der Waals surface area contributed by atoms with Gasteiger partial charge in [0.2, 0.25) is 0 Å². The van der Waals surface area contributed by atoms with Gasteiger partial charge in [0, 0.05) is 23.2 Å². The Labute approximate surface area is 147 Å². The zero-order chi connectivity index (χ0) is 17.9. The van der Waals surface area contributed by atoms with Gasteiger partial charge in [0.25, 0.3) is 5.91 Å². The topological polar surface area (TPSA) is 111 Å². The monoisotopic (exact) mass is 398 g/mol. The first-order valence-corrected chi connectivity index (χ1v) is 8.20. The molecule has 0 aliphatic carbocycles. The molecule has 1 atom stereocenters. The highest BCUT2D eigenvalue weighted by Crippen LogP contribution is 2.28. The largest absolute Gasteiger partial charge is 0.396 e. The maximum Gasteiger partial charge on any atom is 0.344 e. The van der Waals surface area contributed by atoms with E-state index in [-0.39, 0.29) is 18.9 Å². The number of imide groups is 1. The fourth-order valence-electron chi connectivity index (χ4n) is 2.51. The fraction of sp³-hybridized carbons (Fsp3) is 0.400. The molecule has 1 aliphatic rings. The summed E-state index contributed by atoms with van der Waals surface area (Å²) in [7, 11) is 0. The lowest BCUT2D eigenvalue weighted by Crippen LogP contribution is -2.54. The van der Waals surface area contributed by atoms with Crippen LogP contribution in [0, 0.1) is 5.92 Å². The summed E-state index contributed by atoms with van der Waals surface area (Å²) in [5, 5.41) is 15.0. The number of hydrogen-bond donors (Lipinski definition) is 4. The minimum Gasteiger partial charge on any atom is -0.396 e. The third-order valence-electron chi connectivity index (χ3n) is 3.92. The minimum absolute atomic E-state index is 0.0712. The number of hydrazine groups is 1. The molecule has 1 aliphatic heterocycles. The van der Waals surface area contributed by atoms with Gasteiger partial charge in [-0.2, -0.15) is 5.01 Å². The lowest BCUT2D eigenvalue weighted by Gasteiger charge is -2.29. The van der Waals surface area contributed by atoms with Gasteiger partial charge in [-0.15, -0.1) is 0 Å². The molecule has 1 aromatic carbocycles. The first-order chi connectivity index (χ1) is 11.3. The summed E-state index contributed by atoms with van der Waals surface area (Å²) in [6.07, 6.45) is 0.0712. The van der Waals surface area contributed by atoms with Gasteiger partial charge in [0.15, 0.2) is 0 Å². The van der Waals surface area contributed by atoms with E-state index in [9.17, 15) is 19.5 Å². The number of aliphatic hydroxyl groups excluding tert-OH is 1. The van der Waals surface area contributed by atoms with Crippen molar-refractivity contribution in [1.82, 2.24) is 15.8 Å². The van der Waals surface area contributed by atoms with Gasteiger partial charge in [-0.1, -0.05) is 29.8 Å². The molecule has 1 saturated heterocycles. The van der Waals surface area contributed by atoms with Crippen LogP contribution in [0.1, 0.15) is 20.3 Å². The van der Waals surface area contributed by atoms with Crippen molar-refractivity contribution in [2.24, 2.45) is 5.92 Å². The van der Waals surface area contributed by atoms with E-state index in [1.807, 2.05) is 0 Å². The Morgan fingerprint density at radius 3 is 2.50 bits per heavy atom. The van der Waals surface area contributed by atoms with E-state index in [0.717, 1.165) is 4.47 Å². The third-order valence-corrected chi connectivity index (χ3v) is 4.45. The average molecular weight is 399 g/mol. The maximum atomic E-state index is 12.6. The Balaban J connectivity index is 2.09. The van der Waals surface area contributed by atoms with Crippen molar-refractivity contribution in [3.63, 3.8) is 0 Å². The van der Waals surface area contributed by atoms with Crippen LogP contribution >= 0.6 is 15.9 Å². The molecule has 130 valence electrons. The highest BCUT2D eigenvalue weighted by atomic mass is 79.9. The van der Waals surface area contributed by atoms with Crippen LogP contribution < -0.4 is 16.1 Å². The highest BCUT2D eigenvalue weighted by molar-refractivity contribution is 9.10. The number of halogens is 1. The number of rotatable bonds is 5. The Hall–Kier alpha value is -2.13. The number of benzene rings is 1. The number of anilines is 1. The standard InChI is InChI=1S/C15H19BrN4O4/c1-9(2)15(7-8-21)12(22)20(14(24)18-15)19-13(23)17-11-5-3-10(16)4-6-11/h3-6,9,21H,7-8H2,1-2H3,(H,18,24)(H2,17,19,23). The molecule has 8 nitrogen and oxygen atoms in total. The molecule has 0 radical (unpaired) electrons. The second-order valence-corrected chi connectivity index (χ2v) is 6.66. The van der Waals surface area contributed by atoms with E-state index in [0.29, 0.717) is 10.7 Å². The van der Waals surface area contributed by atoms with E-state index in [1.165, 1.54) is 0 Å². The smallest absolute Gasteiger partial charge is 0.344 e. The van der Waals surface area contributed by atoms with E-state index >= 15 is 0 Å². The molecular formula is C15H19BrN4O4. The predicted molar refractivity (Wildman–Crippen MR) is 90.9 cm³/mol. The Morgan fingerprint density at radius 1 is 1.33 bits per heavy atom. The van der Waals surface area contributed by atoms with Gasteiger partial charge in [-0.25, -0.2) is 15.0 Å². The highest BCUT2D eigenvalue weighted by Gasteiger charge is 2.53. The van der Waals surface area contributed by atoms with E-state index in [1.54, 1.807) is 38.1 Å². The second kappa shape index (κ2) is 7.18. The summed E-state index contributed by atoms with van der Waals surface area (Å²) >= 11 is 3.28. The number of urea groups is 2. The van der Waals surface area contributed by atoms with Crippen molar-refractivity contribution < 1.29 is 19.5 Å². The van der Waals surface area contributed by atoms with Crippen LogP contribution in [0.4, 0.5) is 15.3 Å². The van der Waals surface area contributed by atoms with Crippen LogP contribution in [0.25, 0.3) is 0 Å². The Morgan fingerprint density at radius 2 is 1.96 bits per heavy atom. The number of hydrogen-bond acceptors (Lipinski definition) is 4. The molecule has 0 saturated carbocycles. The molecule has 9 heteroatoms. The van der Waals surface area contributed by atoms with Gasteiger partial charge in [0.05, 0.1) is 0 Å². The first kappa shape index (κ1) is 18.2. The summed E-state index contributed by atoms with van der Waals surface area (Å²) in [6, 6.07) is 5.37. The van der Waals surface area contributed by atoms with Crippen LogP contribution in [0.3, 0.4) is 0 Å². The number of carbonyl (C=O) groups is 3. The molecule has 0 aromatic heterocycles. The molecule has 1 aromatic rings. The number of amides is 5. The lowest BCUT2D eigenvalue weighted by atomic mass is 9.83. The summed E-state index contributed by atoms with van der Waals surface area (Å²) < 4.78 is 0.855. The zero-order valence-corrected chi connectivity index (χ0v) is 14.9. The zero-order valence-electron chi connectivity index (χ0n) is 13.3. The Kier molecular flexibility index (Phi) is 5.45. The van der Waals surface area contributed by atoms with E-state index in [4.69, 9.17) is 0 Å². The first-order valence-electron chi connectivity index (χ1n) is 7.41. The molecule has 5 amide bonds. The van der Waals surface area contributed by atoms with Crippen LogP contribution in [-0.4, -0.2) is 40.2 Å². The normalized spacial score (nSPS) is 20.3. The van der Waals surface area contributed by atoms with Gasteiger partial charge in [-0.3, -0.25) is 4.79 Å². The third kappa shape index (κ3) is 3.51. The number of aliphatic hydroxyl groups is 1. The van der Waals surface area contributed by atoms with E-state index < -0.39 is 23.5 Å². The van der Waals surface area contributed by atoms with Gasteiger partial charge in [-0.05, 0) is 30.2 Å². The van der Waals surface area contributed by atoms with Gasteiger partial charge in [0.1, 0.15) is 5.54 Å². The van der Waals surface area contributed by atoms with Crippen LogP contribution in [0.15, 0.2) is 28.7 Å². The van der Waals surface area contributed by atoms with Crippen molar-refractivity contribution in [3.05, 3.63) is 28.7 Å². The minimum atomic E-state index is -1.23. The molecule has 2 rings (SSSR count). The van der Waals surface area contributed by atoms with Gasteiger partial charge < -0.3 is 15.7 Å². The summed E-state index contributed by atoms with van der Waals surface area (Å²) in [5.41, 5.74) is 1.52. The number of carbonyl (C=O) groups excluding carboxylic acids is 3. The molecule has 0 bridgehead atoms. The fourth-order valence-corrected chi connectivity index (χ4v) is 2.78. The molecular weight excluding hydrogens is 380 g/mol. The van der Waals surface area contributed by atoms with Crippen LogP contribution in [0.5, 0.6) is 0 Å². The number of nitrogens with zero attached hydrogens (tertiary/aromatic N) is 1. The van der Waals surface area contributed by atoms with Crippen molar-refractivity contribution in [1.29, 1.82) is 0 Å².